The Hall–Kier alpha value is -0.250. The summed E-state index contributed by atoms with van der Waals surface area (Å²) in [7, 11) is 0. The SMILES string of the molecule is Cl.NC1CCN(c2ccsc2)CC1. The van der Waals surface area contributed by atoms with Crippen molar-refractivity contribution in [3.63, 3.8) is 0 Å². The standard InChI is InChI=1S/C9H14N2S.ClH/c10-8-1-4-11(5-2-8)9-3-6-12-7-9;/h3,6-8H,1-2,4-5,10H2;1H. The molecule has 0 saturated carbocycles. The number of nitrogens with zero attached hydrogens (tertiary/aromatic N) is 1. The summed E-state index contributed by atoms with van der Waals surface area (Å²) in [5.74, 6) is 0. The average molecular weight is 219 g/mol. The van der Waals surface area contributed by atoms with Gasteiger partial charge in [-0.25, -0.2) is 0 Å². The van der Waals surface area contributed by atoms with Gasteiger partial charge in [-0.15, -0.1) is 12.4 Å². The lowest BCUT2D eigenvalue weighted by molar-refractivity contribution is 0.501. The number of piperidine rings is 1. The first-order valence-electron chi connectivity index (χ1n) is 4.39. The van der Waals surface area contributed by atoms with Crippen molar-refractivity contribution < 1.29 is 0 Å². The van der Waals surface area contributed by atoms with Crippen LogP contribution in [0.25, 0.3) is 0 Å². The molecule has 0 aromatic carbocycles. The van der Waals surface area contributed by atoms with Crippen LogP contribution in [0.15, 0.2) is 16.8 Å². The molecule has 0 unspecified atom stereocenters. The molecule has 1 aliphatic rings. The summed E-state index contributed by atoms with van der Waals surface area (Å²) in [6.07, 6.45) is 2.27. The van der Waals surface area contributed by atoms with Gasteiger partial charge in [0.25, 0.3) is 0 Å². The lowest BCUT2D eigenvalue weighted by Crippen LogP contribution is -2.39. The molecule has 1 aliphatic heterocycles. The molecule has 13 heavy (non-hydrogen) atoms. The molecule has 1 saturated heterocycles. The Morgan fingerprint density at radius 1 is 1.38 bits per heavy atom. The third kappa shape index (κ3) is 2.59. The van der Waals surface area contributed by atoms with Gasteiger partial charge >= 0.3 is 0 Å². The highest BCUT2D eigenvalue weighted by Gasteiger charge is 2.15. The largest absolute Gasteiger partial charge is 0.371 e. The molecule has 2 rings (SSSR count). The van der Waals surface area contributed by atoms with Crippen LogP contribution in [0.3, 0.4) is 0 Å². The first kappa shape index (κ1) is 10.8. The molecule has 1 aromatic rings. The monoisotopic (exact) mass is 218 g/mol. The number of anilines is 1. The Morgan fingerprint density at radius 2 is 2.08 bits per heavy atom. The highest BCUT2D eigenvalue weighted by atomic mass is 35.5. The van der Waals surface area contributed by atoms with E-state index in [9.17, 15) is 0 Å². The molecule has 0 atom stereocenters. The van der Waals surface area contributed by atoms with E-state index in [1.54, 1.807) is 11.3 Å². The van der Waals surface area contributed by atoms with Gasteiger partial charge in [0.05, 0.1) is 0 Å². The highest BCUT2D eigenvalue weighted by molar-refractivity contribution is 7.08. The Balaban J connectivity index is 0.000000845. The van der Waals surface area contributed by atoms with Crippen LogP contribution in [0.5, 0.6) is 0 Å². The van der Waals surface area contributed by atoms with E-state index < -0.39 is 0 Å². The van der Waals surface area contributed by atoms with Gasteiger partial charge in [0, 0.05) is 30.2 Å². The van der Waals surface area contributed by atoms with Crippen LogP contribution in [0.1, 0.15) is 12.8 Å². The predicted molar refractivity (Wildman–Crippen MR) is 61.0 cm³/mol. The van der Waals surface area contributed by atoms with Crippen molar-refractivity contribution in [1.29, 1.82) is 0 Å². The maximum Gasteiger partial charge on any atom is 0.0474 e. The van der Waals surface area contributed by atoms with Crippen LogP contribution in [-0.2, 0) is 0 Å². The highest BCUT2D eigenvalue weighted by Crippen LogP contribution is 2.21. The van der Waals surface area contributed by atoms with Crippen LogP contribution in [0, 0.1) is 0 Å². The van der Waals surface area contributed by atoms with Crippen LogP contribution in [-0.4, -0.2) is 19.1 Å². The molecular weight excluding hydrogens is 204 g/mol. The zero-order valence-corrected chi connectivity index (χ0v) is 9.11. The van der Waals surface area contributed by atoms with E-state index >= 15 is 0 Å². The smallest absolute Gasteiger partial charge is 0.0474 e. The molecule has 2 nitrogen and oxygen atoms in total. The summed E-state index contributed by atoms with van der Waals surface area (Å²) in [5, 5.41) is 4.33. The lowest BCUT2D eigenvalue weighted by Gasteiger charge is -2.31. The number of halogens is 1. The molecule has 0 bridgehead atoms. The minimum absolute atomic E-state index is 0. The van der Waals surface area contributed by atoms with Gasteiger partial charge in [0.1, 0.15) is 0 Å². The van der Waals surface area contributed by atoms with Gasteiger partial charge in [-0.3, -0.25) is 0 Å². The number of thiophene rings is 1. The Labute approximate surface area is 89.1 Å². The number of hydrogen-bond acceptors (Lipinski definition) is 3. The van der Waals surface area contributed by atoms with Crippen molar-refractivity contribution >= 4 is 29.4 Å². The van der Waals surface area contributed by atoms with Gasteiger partial charge in [0.15, 0.2) is 0 Å². The minimum Gasteiger partial charge on any atom is -0.371 e. The van der Waals surface area contributed by atoms with E-state index in [0.717, 1.165) is 25.9 Å². The summed E-state index contributed by atoms with van der Waals surface area (Å²) in [6.45, 7) is 2.25. The van der Waals surface area contributed by atoms with Gasteiger partial charge < -0.3 is 10.6 Å². The van der Waals surface area contributed by atoms with Gasteiger partial charge in [-0.05, 0) is 24.3 Å². The zero-order chi connectivity index (χ0) is 8.39. The first-order valence-corrected chi connectivity index (χ1v) is 5.33. The van der Waals surface area contributed by atoms with Crippen molar-refractivity contribution in [3.05, 3.63) is 16.8 Å². The Morgan fingerprint density at radius 3 is 2.62 bits per heavy atom. The van der Waals surface area contributed by atoms with Crippen molar-refractivity contribution in [2.45, 2.75) is 18.9 Å². The van der Waals surface area contributed by atoms with Crippen molar-refractivity contribution in [3.8, 4) is 0 Å². The molecular formula is C9H15ClN2S. The normalized spacial score (nSPS) is 18.4. The van der Waals surface area contributed by atoms with Crippen LogP contribution >= 0.6 is 23.7 Å². The van der Waals surface area contributed by atoms with Crippen molar-refractivity contribution in [1.82, 2.24) is 0 Å². The Bertz CT molecular complexity index is 230. The average Bonchev–Trinajstić information content (AvgIpc) is 2.58. The predicted octanol–water partition coefficient (Wildman–Crippen LogP) is 2.10. The molecule has 4 heteroatoms. The summed E-state index contributed by atoms with van der Waals surface area (Å²) in [4.78, 5) is 2.42. The van der Waals surface area contributed by atoms with Crippen molar-refractivity contribution in [2.24, 2.45) is 5.73 Å². The number of nitrogens with two attached hydrogens (primary N) is 1. The van der Waals surface area contributed by atoms with Crippen LogP contribution in [0.2, 0.25) is 0 Å². The zero-order valence-electron chi connectivity index (χ0n) is 7.48. The summed E-state index contributed by atoms with van der Waals surface area (Å²) >= 11 is 1.76. The van der Waals surface area contributed by atoms with E-state index in [1.165, 1.54) is 5.69 Å². The molecule has 1 aromatic heterocycles. The second-order valence-electron chi connectivity index (χ2n) is 3.31. The fourth-order valence-electron chi connectivity index (χ4n) is 1.59. The quantitative estimate of drug-likeness (QED) is 0.783. The van der Waals surface area contributed by atoms with Gasteiger partial charge in [0.2, 0.25) is 0 Å². The lowest BCUT2D eigenvalue weighted by atomic mass is 10.1. The molecule has 0 spiro atoms. The fourth-order valence-corrected chi connectivity index (χ4v) is 2.26. The maximum absolute atomic E-state index is 5.83. The van der Waals surface area contributed by atoms with Crippen LogP contribution in [0.4, 0.5) is 5.69 Å². The number of hydrogen-bond donors (Lipinski definition) is 1. The van der Waals surface area contributed by atoms with Crippen molar-refractivity contribution in [2.75, 3.05) is 18.0 Å². The second-order valence-corrected chi connectivity index (χ2v) is 4.09. The molecule has 2 N–H and O–H groups in total. The van der Waals surface area contributed by atoms with Gasteiger partial charge in [-0.1, -0.05) is 0 Å². The molecule has 0 aliphatic carbocycles. The Kier molecular flexibility index (Phi) is 4.03. The topological polar surface area (TPSA) is 29.3 Å². The van der Waals surface area contributed by atoms with Crippen LogP contribution < -0.4 is 10.6 Å². The second kappa shape index (κ2) is 4.84. The summed E-state index contributed by atoms with van der Waals surface area (Å²) in [6, 6.07) is 2.61. The summed E-state index contributed by atoms with van der Waals surface area (Å²) < 4.78 is 0. The molecule has 74 valence electrons. The van der Waals surface area contributed by atoms with E-state index in [1.807, 2.05) is 0 Å². The molecule has 0 radical (unpaired) electrons. The fraction of sp³-hybridized carbons (Fsp3) is 0.556. The van der Waals surface area contributed by atoms with E-state index in [2.05, 4.69) is 21.7 Å². The third-order valence-electron chi connectivity index (χ3n) is 2.41. The maximum atomic E-state index is 5.83. The third-order valence-corrected chi connectivity index (χ3v) is 3.08. The van der Waals surface area contributed by atoms with Gasteiger partial charge in [-0.2, -0.15) is 11.3 Å². The molecule has 1 fully saturated rings. The molecule has 2 heterocycles. The molecule has 0 amide bonds. The van der Waals surface area contributed by atoms with E-state index in [0.29, 0.717) is 6.04 Å². The first-order chi connectivity index (χ1) is 5.86. The number of rotatable bonds is 1. The summed E-state index contributed by atoms with van der Waals surface area (Å²) in [5.41, 5.74) is 7.19. The van der Waals surface area contributed by atoms with E-state index in [4.69, 9.17) is 5.73 Å². The van der Waals surface area contributed by atoms with E-state index in [-0.39, 0.29) is 12.4 Å². The minimum atomic E-state index is 0.